The number of phosphoric ester groups is 1. The number of nitriles is 1. The summed E-state index contributed by atoms with van der Waals surface area (Å²) in [5.41, 5.74) is -0.280. The van der Waals surface area contributed by atoms with E-state index in [9.17, 15) is 33.8 Å². The lowest BCUT2D eigenvalue weighted by Gasteiger charge is -2.19. The molecule has 3 unspecified atom stereocenters. The molecule has 1 aliphatic heterocycles. The van der Waals surface area contributed by atoms with Crippen molar-refractivity contribution >= 4 is 35.7 Å². The van der Waals surface area contributed by atoms with Crippen LogP contribution in [0, 0.1) is 28.9 Å². The Kier molecular flexibility index (Phi) is 7.95. The normalized spacial score (nSPS) is 27.9. The Morgan fingerprint density at radius 2 is 1.87 bits per heavy atom. The first-order valence-corrected chi connectivity index (χ1v) is 12.8. The van der Waals surface area contributed by atoms with Gasteiger partial charge in [-0.05, 0) is 19.1 Å². The number of hydrogen-bond acceptors (Lipinski definition) is 11. The number of nitrogens with one attached hydrogen (secondary N) is 1. The monoisotopic (exact) mass is 523 g/mol. The minimum absolute atomic E-state index is 0.137. The maximum absolute atomic E-state index is 11.8. The Morgan fingerprint density at radius 1 is 1.26 bits per heavy atom. The molecule has 16 nitrogen and oxygen atoms in total. The summed E-state index contributed by atoms with van der Waals surface area (Å²) >= 11 is 5.00. The van der Waals surface area contributed by atoms with E-state index in [0.717, 1.165) is 0 Å². The van der Waals surface area contributed by atoms with Gasteiger partial charge in [0.2, 0.25) is 0 Å². The lowest BCUT2D eigenvalue weighted by atomic mass is 10.0. The molecule has 0 amide bonds. The van der Waals surface area contributed by atoms with E-state index < -0.39 is 60.0 Å². The van der Waals surface area contributed by atoms with Crippen LogP contribution in [0.5, 0.6) is 0 Å². The second-order valence-corrected chi connectivity index (χ2v) is 10.9. The van der Waals surface area contributed by atoms with E-state index in [0.29, 0.717) is 0 Å². The third kappa shape index (κ3) is 6.95. The van der Waals surface area contributed by atoms with Crippen molar-refractivity contribution in [3.8, 4) is 6.07 Å². The van der Waals surface area contributed by atoms with Crippen molar-refractivity contribution in [2.24, 2.45) is 5.92 Å². The van der Waals surface area contributed by atoms with Crippen molar-refractivity contribution in [1.29, 1.82) is 5.26 Å². The maximum Gasteiger partial charge on any atom is 0.490 e. The number of phosphoric acid groups is 3. The van der Waals surface area contributed by atoms with E-state index in [4.69, 9.17) is 31.6 Å². The molecule has 6 N–H and O–H groups in total. The zero-order valence-electron chi connectivity index (χ0n) is 15.2. The summed E-state index contributed by atoms with van der Waals surface area (Å²) in [4.78, 5) is 49.5. The van der Waals surface area contributed by atoms with Gasteiger partial charge in [-0.2, -0.15) is 13.9 Å². The van der Waals surface area contributed by atoms with Crippen LogP contribution in [0.2, 0.25) is 0 Å². The molecule has 1 aliphatic rings. The second kappa shape index (κ2) is 9.42. The Hall–Kier alpha value is -1.08. The summed E-state index contributed by atoms with van der Waals surface area (Å²) < 4.78 is 51.8. The fraction of sp³-hybridized carbons (Fsp3) is 0.545. The van der Waals surface area contributed by atoms with Crippen LogP contribution >= 0.6 is 35.7 Å². The molecule has 20 heteroatoms. The summed E-state index contributed by atoms with van der Waals surface area (Å²) in [6.07, 6.45) is -3.02. The van der Waals surface area contributed by atoms with Crippen LogP contribution in [0.3, 0.4) is 0 Å². The highest BCUT2D eigenvalue weighted by molar-refractivity contribution is 7.71. The molecule has 2 rings (SSSR count). The van der Waals surface area contributed by atoms with Crippen LogP contribution in [0.15, 0.2) is 11.0 Å². The number of ether oxygens (including phenoxy) is 1. The van der Waals surface area contributed by atoms with Crippen LogP contribution < -0.4 is 5.56 Å². The minimum Gasteiger partial charge on any atom is -0.389 e. The highest BCUT2D eigenvalue weighted by Gasteiger charge is 2.47. The zero-order chi connectivity index (χ0) is 23.8. The van der Waals surface area contributed by atoms with Gasteiger partial charge in [-0.25, -0.2) is 13.7 Å². The first-order chi connectivity index (χ1) is 14.1. The molecule has 174 valence electrons. The molecule has 1 saturated heterocycles. The number of hydrogen-bond donors (Lipinski definition) is 6. The van der Waals surface area contributed by atoms with E-state index in [-0.39, 0.29) is 10.3 Å². The number of aromatic amines is 1. The molecule has 0 bridgehead atoms. The average Bonchev–Trinajstić information content (AvgIpc) is 2.88. The third-order valence-electron chi connectivity index (χ3n) is 3.76. The number of nitrogens with zero attached hydrogens (tertiary/aromatic N) is 2. The van der Waals surface area contributed by atoms with Crippen molar-refractivity contribution in [3.63, 3.8) is 0 Å². The predicted octanol–water partition coefficient (Wildman–Crippen LogP) is -0.0443. The molecule has 2 heterocycles. The summed E-state index contributed by atoms with van der Waals surface area (Å²) in [7, 11) is -16.7. The topological polar surface area (TPSA) is 251 Å². The zero-order valence-corrected chi connectivity index (χ0v) is 18.7. The van der Waals surface area contributed by atoms with Crippen LogP contribution in [0.4, 0.5) is 0 Å². The third-order valence-corrected chi connectivity index (χ3v) is 7.87. The Bertz CT molecular complexity index is 1140. The SMILES string of the molecule is Cc1cn([C@H]2O[C@@H](COP(=O)(O)OP(=O)(O)OP(=O)(O)O)C(O)[C@H]2C#N)c(=S)[nH]c1=O. The largest absolute Gasteiger partial charge is 0.490 e. The summed E-state index contributed by atoms with van der Waals surface area (Å²) in [6, 6.07) is 1.77. The molecule has 0 radical (unpaired) electrons. The smallest absolute Gasteiger partial charge is 0.389 e. The number of aliphatic hydroxyl groups is 1. The second-order valence-electron chi connectivity index (χ2n) is 6.08. The molecule has 1 fully saturated rings. The van der Waals surface area contributed by atoms with Gasteiger partial charge < -0.3 is 29.4 Å². The van der Waals surface area contributed by atoms with Gasteiger partial charge in [-0.1, -0.05) is 0 Å². The molecule has 1 aromatic heterocycles. The number of rotatable bonds is 8. The van der Waals surface area contributed by atoms with E-state index >= 15 is 0 Å². The fourth-order valence-electron chi connectivity index (χ4n) is 2.51. The van der Waals surface area contributed by atoms with Crippen molar-refractivity contribution in [3.05, 3.63) is 26.9 Å². The molecule has 0 aromatic carbocycles. The van der Waals surface area contributed by atoms with Crippen molar-refractivity contribution in [1.82, 2.24) is 9.55 Å². The number of aromatic nitrogens is 2. The van der Waals surface area contributed by atoms with E-state index in [1.807, 2.05) is 0 Å². The van der Waals surface area contributed by atoms with Crippen molar-refractivity contribution in [2.75, 3.05) is 6.61 Å². The van der Waals surface area contributed by atoms with Crippen molar-refractivity contribution < 1.29 is 56.3 Å². The predicted molar refractivity (Wildman–Crippen MR) is 99.5 cm³/mol. The van der Waals surface area contributed by atoms with Gasteiger partial charge in [-0.3, -0.25) is 18.9 Å². The Morgan fingerprint density at radius 3 is 2.42 bits per heavy atom. The highest BCUT2D eigenvalue weighted by atomic mass is 32.1. The fourth-order valence-corrected chi connectivity index (χ4v) is 5.79. The Labute approximate surface area is 178 Å². The molecule has 0 spiro atoms. The van der Waals surface area contributed by atoms with Gasteiger partial charge in [0.15, 0.2) is 11.0 Å². The Balaban J connectivity index is 2.15. The maximum atomic E-state index is 11.8. The van der Waals surface area contributed by atoms with E-state index in [1.54, 1.807) is 6.07 Å². The number of H-pyrrole nitrogens is 1. The highest BCUT2D eigenvalue weighted by Crippen LogP contribution is 2.66. The lowest BCUT2D eigenvalue weighted by molar-refractivity contribution is -0.0455. The molecule has 31 heavy (non-hydrogen) atoms. The van der Waals surface area contributed by atoms with Gasteiger partial charge in [0.05, 0.1) is 12.7 Å². The van der Waals surface area contributed by atoms with Gasteiger partial charge in [0, 0.05) is 11.8 Å². The van der Waals surface area contributed by atoms with Crippen LogP contribution in [-0.4, -0.2) is 53.0 Å². The van der Waals surface area contributed by atoms with Crippen LogP contribution in [0.25, 0.3) is 0 Å². The standard InChI is InChI=1S/C11H16N3O13P3S/c1-5-3-14(11(31)13-9(5)16)10-6(2-12)8(15)7(25-10)4-24-29(20,21)27-30(22,23)26-28(17,18)19/h3,6-8,10,15H,4H2,1H3,(H,20,21)(H,22,23)(H,13,16,31)(H2,17,18,19)/t6-,7+,8?,10+/m1/s1. The number of aryl methyl sites for hydroxylation is 1. The molecule has 1 aromatic rings. The lowest BCUT2D eigenvalue weighted by Crippen LogP contribution is -2.30. The molecular formula is C11H16N3O13P3S. The van der Waals surface area contributed by atoms with Gasteiger partial charge in [0.1, 0.15) is 18.1 Å². The molecule has 6 atom stereocenters. The summed E-state index contributed by atoms with van der Waals surface area (Å²) in [5.74, 6) is -1.27. The molecular weight excluding hydrogens is 507 g/mol. The van der Waals surface area contributed by atoms with Gasteiger partial charge in [0.25, 0.3) is 5.56 Å². The number of aliphatic hydroxyl groups excluding tert-OH is 1. The van der Waals surface area contributed by atoms with E-state index in [2.05, 4.69) is 18.1 Å². The quantitative estimate of drug-likeness (QED) is 0.193. The van der Waals surface area contributed by atoms with Crippen LogP contribution in [0.1, 0.15) is 11.8 Å². The summed E-state index contributed by atoms with van der Waals surface area (Å²) in [6.45, 7) is 0.485. The average molecular weight is 523 g/mol. The van der Waals surface area contributed by atoms with Crippen LogP contribution in [-0.2, 0) is 31.6 Å². The van der Waals surface area contributed by atoms with E-state index in [1.165, 1.54) is 17.7 Å². The van der Waals surface area contributed by atoms with Gasteiger partial charge in [-0.15, -0.1) is 0 Å². The molecule has 0 saturated carbocycles. The molecule has 0 aliphatic carbocycles. The minimum atomic E-state index is -5.72. The first-order valence-electron chi connectivity index (χ1n) is 7.89. The first kappa shape index (κ1) is 26.2. The van der Waals surface area contributed by atoms with Gasteiger partial charge >= 0.3 is 23.5 Å². The van der Waals surface area contributed by atoms with Crippen molar-refractivity contribution in [2.45, 2.75) is 25.4 Å². The summed E-state index contributed by atoms with van der Waals surface area (Å²) in [5, 5.41) is 19.6.